The zero-order valence-corrected chi connectivity index (χ0v) is 12.1. The molecule has 0 spiro atoms. The van der Waals surface area contributed by atoms with Crippen molar-refractivity contribution in [3.05, 3.63) is 46.3 Å². The standard InChI is InChI=1S/C13H13BrN2O3/c1-18-10-4-3-8(14)7-9(10)12(17)11-13(19-2)16-6-5-15-11/h3-7,12,17H,1-2H3. The monoisotopic (exact) mass is 324 g/mol. The van der Waals surface area contributed by atoms with Gasteiger partial charge in [-0.05, 0) is 18.2 Å². The summed E-state index contributed by atoms with van der Waals surface area (Å²) in [4.78, 5) is 8.15. The summed E-state index contributed by atoms with van der Waals surface area (Å²) >= 11 is 3.37. The molecule has 0 aliphatic carbocycles. The summed E-state index contributed by atoms with van der Waals surface area (Å²) in [7, 11) is 3.03. The van der Waals surface area contributed by atoms with Crippen molar-refractivity contribution in [2.24, 2.45) is 0 Å². The summed E-state index contributed by atoms with van der Waals surface area (Å²) in [5, 5.41) is 10.5. The quantitative estimate of drug-likeness (QED) is 0.935. The number of methoxy groups -OCH3 is 2. The molecule has 1 N–H and O–H groups in total. The van der Waals surface area contributed by atoms with Crippen molar-refractivity contribution in [1.82, 2.24) is 9.97 Å². The Morgan fingerprint density at radius 2 is 1.89 bits per heavy atom. The minimum atomic E-state index is -0.976. The maximum absolute atomic E-state index is 10.5. The second-order valence-electron chi connectivity index (χ2n) is 3.74. The Hall–Kier alpha value is -1.66. The third-order valence-corrected chi connectivity index (χ3v) is 3.12. The van der Waals surface area contributed by atoms with Crippen molar-refractivity contribution in [2.45, 2.75) is 6.10 Å². The van der Waals surface area contributed by atoms with Crippen molar-refractivity contribution in [3.8, 4) is 11.6 Å². The molecule has 0 fully saturated rings. The molecule has 1 aromatic heterocycles. The second kappa shape index (κ2) is 5.99. The first-order chi connectivity index (χ1) is 9.17. The molecule has 0 aliphatic rings. The zero-order valence-electron chi connectivity index (χ0n) is 10.5. The van der Waals surface area contributed by atoms with Crippen LogP contribution in [0.15, 0.2) is 35.1 Å². The molecule has 0 saturated carbocycles. The zero-order chi connectivity index (χ0) is 13.8. The highest BCUT2D eigenvalue weighted by Crippen LogP contribution is 2.34. The van der Waals surface area contributed by atoms with Crippen LogP contribution in [0.1, 0.15) is 17.4 Å². The average molecular weight is 325 g/mol. The van der Waals surface area contributed by atoms with Crippen LogP contribution >= 0.6 is 15.9 Å². The summed E-state index contributed by atoms with van der Waals surface area (Å²) in [6.07, 6.45) is 2.04. The van der Waals surface area contributed by atoms with Gasteiger partial charge in [-0.1, -0.05) is 15.9 Å². The maximum atomic E-state index is 10.5. The molecule has 0 aliphatic heterocycles. The Balaban J connectivity index is 2.49. The first-order valence-corrected chi connectivity index (χ1v) is 6.33. The summed E-state index contributed by atoms with van der Waals surface area (Å²) in [6, 6.07) is 5.38. The fourth-order valence-electron chi connectivity index (χ4n) is 1.75. The number of nitrogens with zero attached hydrogens (tertiary/aromatic N) is 2. The van der Waals surface area contributed by atoms with Crippen molar-refractivity contribution in [2.75, 3.05) is 14.2 Å². The number of aliphatic hydroxyl groups is 1. The van der Waals surface area contributed by atoms with Crippen LogP contribution in [0.25, 0.3) is 0 Å². The molecule has 19 heavy (non-hydrogen) atoms. The van der Waals surface area contributed by atoms with E-state index in [-0.39, 0.29) is 5.88 Å². The molecule has 1 heterocycles. The summed E-state index contributed by atoms with van der Waals surface area (Å²) in [6.45, 7) is 0. The number of hydrogen-bond acceptors (Lipinski definition) is 5. The number of rotatable bonds is 4. The molecule has 2 rings (SSSR count). The molecule has 0 saturated heterocycles. The van der Waals surface area contributed by atoms with Gasteiger partial charge >= 0.3 is 0 Å². The first kappa shape index (κ1) is 13.8. The van der Waals surface area contributed by atoms with Crippen LogP contribution in [-0.2, 0) is 0 Å². The molecule has 0 amide bonds. The van der Waals surface area contributed by atoms with Gasteiger partial charge in [0.1, 0.15) is 17.5 Å². The predicted octanol–water partition coefficient (Wildman–Crippen LogP) is 2.34. The SMILES string of the molecule is COc1ccc(Br)cc1C(O)c1nccnc1OC. The third kappa shape index (κ3) is 2.85. The van der Waals surface area contributed by atoms with Crippen LogP contribution in [0.5, 0.6) is 11.6 Å². The number of hydrogen-bond donors (Lipinski definition) is 1. The van der Waals surface area contributed by atoms with Gasteiger partial charge in [0.25, 0.3) is 0 Å². The van der Waals surface area contributed by atoms with Gasteiger partial charge < -0.3 is 14.6 Å². The fourth-order valence-corrected chi connectivity index (χ4v) is 2.13. The number of aromatic nitrogens is 2. The first-order valence-electron chi connectivity index (χ1n) is 5.53. The van der Waals surface area contributed by atoms with Crippen LogP contribution in [0.3, 0.4) is 0 Å². The van der Waals surface area contributed by atoms with E-state index < -0.39 is 6.10 Å². The highest BCUT2D eigenvalue weighted by atomic mass is 79.9. The van der Waals surface area contributed by atoms with Crippen molar-refractivity contribution < 1.29 is 14.6 Å². The molecule has 2 aromatic rings. The van der Waals surface area contributed by atoms with Gasteiger partial charge in [-0.25, -0.2) is 4.98 Å². The molecule has 6 heteroatoms. The largest absolute Gasteiger partial charge is 0.496 e. The van der Waals surface area contributed by atoms with E-state index in [0.717, 1.165) is 4.47 Å². The van der Waals surface area contributed by atoms with E-state index in [2.05, 4.69) is 25.9 Å². The number of aliphatic hydroxyl groups excluding tert-OH is 1. The number of halogens is 1. The Morgan fingerprint density at radius 1 is 1.16 bits per heavy atom. The van der Waals surface area contributed by atoms with E-state index in [1.807, 2.05) is 6.07 Å². The van der Waals surface area contributed by atoms with Crippen LogP contribution in [0, 0.1) is 0 Å². The van der Waals surface area contributed by atoms with E-state index in [4.69, 9.17) is 9.47 Å². The molecule has 0 radical (unpaired) electrons. The van der Waals surface area contributed by atoms with Gasteiger partial charge in [0, 0.05) is 22.4 Å². The van der Waals surface area contributed by atoms with Crippen LogP contribution < -0.4 is 9.47 Å². The molecule has 1 unspecified atom stereocenters. The molecular formula is C13H13BrN2O3. The molecule has 5 nitrogen and oxygen atoms in total. The van der Waals surface area contributed by atoms with Gasteiger partial charge in [-0.2, -0.15) is 0 Å². The van der Waals surface area contributed by atoms with Crippen LogP contribution in [-0.4, -0.2) is 29.3 Å². The van der Waals surface area contributed by atoms with E-state index in [0.29, 0.717) is 17.0 Å². The highest BCUT2D eigenvalue weighted by molar-refractivity contribution is 9.10. The summed E-state index contributed by atoms with van der Waals surface area (Å²) in [5.74, 6) is 0.862. The average Bonchev–Trinajstić information content (AvgIpc) is 2.46. The van der Waals surface area contributed by atoms with E-state index in [1.165, 1.54) is 19.5 Å². The Morgan fingerprint density at radius 3 is 2.58 bits per heavy atom. The number of benzene rings is 1. The van der Waals surface area contributed by atoms with E-state index >= 15 is 0 Å². The lowest BCUT2D eigenvalue weighted by Gasteiger charge is -2.16. The lowest BCUT2D eigenvalue weighted by Crippen LogP contribution is -2.07. The van der Waals surface area contributed by atoms with Crippen molar-refractivity contribution in [3.63, 3.8) is 0 Å². The lowest BCUT2D eigenvalue weighted by molar-refractivity contribution is 0.202. The van der Waals surface area contributed by atoms with Gasteiger partial charge in [-0.3, -0.25) is 4.98 Å². The van der Waals surface area contributed by atoms with E-state index in [1.54, 1.807) is 19.2 Å². The topological polar surface area (TPSA) is 64.5 Å². The summed E-state index contributed by atoms with van der Waals surface area (Å²) < 4.78 is 11.2. The fraction of sp³-hybridized carbons (Fsp3) is 0.231. The van der Waals surface area contributed by atoms with Crippen LogP contribution in [0.4, 0.5) is 0 Å². The van der Waals surface area contributed by atoms with Gasteiger partial charge in [0.2, 0.25) is 5.88 Å². The summed E-state index contributed by atoms with van der Waals surface area (Å²) in [5.41, 5.74) is 0.942. The minimum absolute atomic E-state index is 0.289. The Kier molecular flexibility index (Phi) is 4.34. The van der Waals surface area contributed by atoms with Gasteiger partial charge in [0.15, 0.2) is 0 Å². The molecule has 100 valence electrons. The smallest absolute Gasteiger partial charge is 0.238 e. The highest BCUT2D eigenvalue weighted by Gasteiger charge is 2.21. The maximum Gasteiger partial charge on any atom is 0.238 e. The van der Waals surface area contributed by atoms with Crippen molar-refractivity contribution >= 4 is 15.9 Å². The lowest BCUT2D eigenvalue weighted by atomic mass is 10.1. The Bertz CT molecular complexity index is 578. The van der Waals surface area contributed by atoms with E-state index in [9.17, 15) is 5.11 Å². The molecule has 1 atom stereocenters. The van der Waals surface area contributed by atoms with Gasteiger partial charge in [0.05, 0.1) is 14.2 Å². The Labute approximate surface area is 119 Å². The molecule has 1 aromatic carbocycles. The normalized spacial score (nSPS) is 12.0. The van der Waals surface area contributed by atoms with Crippen LogP contribution in [0.2, 0.25) is 0 Å². The minimum Gasteiger partial charge on any atom is -0.496 e. The van der Waals surface area contributed by atoms with Gasteiger partial charge in [-0.15, -0.1) is 0 Å². The third-order valence-electron chi connectivity index (χ3n) is 2.63. The van der Waals surface area contributed by atoms with Crippen molar-refractivity contribution in [1.29, 1.82) is 0 Å². The number of ether oxygens (including phenoxy) is 2. The predicted molar refractivity (Wildman–Crippen MR) is 73.3 cm³/mol. The second-order valence-corrected chi connectivity index (χ2v) is 4.66. The molecular weight excluding hydrogens is 312 g/mol. The molecule has 0 bridgehead atoms.